The van der Waals surface area contributed by atoms with E-state index in [-0.39, 0.29) is 17.9 Å². The van der Waals surface area contributed by atoms with E-state index >= 15 is 0 Å². The maximum absolute atomic E-state index is 12.2. The van der Waals surface area contributed by atoms with Gasteiger partial charge in [-0.3, -0.25) is 4.79 Å². The molecule has 0 saturated heterocycles. The van der Waals surface area contributed by atoms with E-state index in [1.807, 2.05) is 24.3 Å². The molecule has 0 unspecified atom stereocenters. The van der Waals surface area contributed by atoms with E-state index in [0.717, 1.165) is 5.56 Å². The van der Waals surface area contributed by atoms with Crippen LogP contribution in [-0.4, -0.2) is 19.6 Å². The van der Waals surface area contributed by atoms with Gasteiger partial charge in [0.25, 0.3) is 5.91 Å². The van der Waals surface area contributed by atoms with E-state index in [0.29, 0.717) is 22.7 Å². The number of ether oxygens (including phenoxy) is 2. The Kier molecular flexibility index (Phi) is 5.66. The fourth-order valence-electron chi connectivity index (χ4n) is 2.29. The monoisotopic (exact) mass is 338 g/mol. The highest BCUT2D eigenvalue weighted by atomic mass is 16.5. The molecule has 0 aromatic heterocycles. The molecule has 0 aliphatic rings. The molecule has 0 aliphatic heterocycles. The van der Waals surface area contributed by atoms with Crippen LogP contribution in [0.2, 0.25) is 0 Å². The van der Waals surface area contributed by atoms with E-state index < -0.39 is 0 Å². The van der Waals surface area contributed by atoms with Crippen LogP contribution in [-0.2, 0) is 10.2 Å². The Bertz CT molecular complexity index is 801. The van der Waals surface area contributed by atoms with Crippen molar-refractivity contribution in [2.45, 2.75) is 26.2 Å². The van der Waals surface area contributed by atoms with Crippen molar-refractivity contribution >= 4 is 11.6 Å². The van der Waals surface area contributed by atoms with E-state index in [2.05, 4.69) is 26.1 Å². The van der Waals surface area contributed by atoms with Crippen molar-refractivity contribution in [1.29, 1.82) is 5.26 Å². The predicted molar refractivity (Wildman–Crippen MR) is 97.0 cm³/mol. The van der Waals surface area contributed by atoms with Crippen molar-refractivity contribution in [3.05, 3.63) is 53.6 Å². The number of amides is 1. The van der Waals surface area contributed by atoms with Crippen molar-refractivity contribution < 1.29 is 14.3 Å². The summed E-state index contributed by atoms with van der Waals surface area (Å²) in [5.74, 6) is 0.645. The van der Waals surface area contributed by atoms with Gasteiger partial charge in [0.05, 0.1) is 18.4 Å². The lowest BCUT2D eigenvalue weighted by Crippen LogP contribution is -2.21. The maximum atomic E-state index is 12.2. The minimum absolute atomic E-state index is 0.0476. The van der Waals surface area contributed by atoms with E-state index in [4.69, 9.17) is 14.7 Å². The van der Waals surface area contributed by atoms with E-state index in [1.54, 1.807) is 31.4 Å². The number of nitriles is 1. The first-order chi connectivity index (χ1) is 11.8. The average Bonchev–Trinajstić information content (AvgIpc) is 2.59. The van der Waals surface area contributed by atoms with Gasteiger partial charge in [0.2, 0.25) is 0 Å². The SMILES string of the molecule is COc1ccc(C(C)(C)C)cc1NC(=O)COc1ccccc1C#N. The number of hydrogen-bond acceptors (Lipinski definition) is 4. The van der Waals surface area contributed by atoms with Crippen LogP contribution in [0.15, 0.2) is 42.5 Å². The van der Waals surface area contributed by atoms with Gasteiger partial charge in [-0.15, -0.1) is 0 Å². The smallest absolute Gasteiger partial charge is 0.262 e. The maximum Gasteiger partial charge on any atom is 0.262 e. The van der Waals surface area contributed by atoms with E-state index in [1.165, 1.54) is 0 Å². The summed E-state index contributed by atoms with van der Waals surface area (Å²) < 4.78 is 10.8. The molecular weight excluding hydrogens is 316 g/mol. The number of rotatable bonds is 5. The van der Waals surface area contributed by atoms with E-state index in [9.17, 15) is 4.79 Å². The minimum atomic E-state index is -0.322. The molecule has 0 heterocycles. The van der Waals surface area contributed by atoms with Gasteiger partial charge >= 0.3 is 0 Å². The van der Waals surface area contributed by atoms with Crippen LogP contribution in [0.5, 0.6) is 11.5 Å². The first-order valence-electron chi connectivity index (χ1n) is 7.95. The molecule has 0 bridgehead atoms. The van der Waals surface area contributed by atoms with Gasteiger partial charge in [0.1, 0.15) is 17.6 Å². The molecule has 1 N–H and O–H groups in total. The zero-order valence-electron chi connectivity index (χ0n) is 14.9. The van der Waals surface area contributed by atoms with Crippen molar-refractivity contribution in [3.63, 3.8) is 0 Å². The number of hydrogen-bond donors (Lipinski definition) is 1. The lowest BCUT2D eigenvalue weighted by Gasteiger charge is -2.21. The number of para-hydroxylation sites is 1. The first kappa shape index (κ1) is 18.3. The highest BCUT2D eigenvalue weighted by molar-refractivity contribution is 5.93. The van der Waals surface area contributed by atoms with Crippen LogP contribution in [0.4, 0.5) is 5.69 Å². The molecule has 5 nitrogen and oxygen atoms in total. The number of nitrogens with one attached hydrogen (secondary N) is 1. The molecule has 0 atom stereocenters. The number of carbonyl (C=O) groups is 1. The third-order valence-corrected chi connectivity index (χ3v) is 3.71. The molecule has 2 aromatic rings. The van der Waals surface area contributed by atoms with Gasteiger partial charge in [-0.25, -0.2) is 0 Å². The quantitative estimate of drug-likeness (QED) is 0.898. The van der Waals surface area contributed by atoms with Gasteiger partial charge in [0.15, 0.2) is 6.61 Å². The van der Waals surface area contributed by atoms with Crippen molar-refractivity contribution in [2.75, 3.05) is 19.0 Å². The molecule has 2 rings (SSSR count). The normalized spacial score (nSPS) is 10.7. The predicted octanol–water partition coefficient (Wildman–Crippen LogP) is 3.88. The summed E-state index contributed by atoms with van der Waals surface area (Å²) in [4.78, 5) is 12.2. The molecule has 0 fully saturated rings. The minimum Gasteiger partial charge on any atom is -0.495 e. The summed E-state index contributed by atoms with van der Waals surface area (Å²) in [5, 5.41) is 11.9. The Balaban J connectivity index is 2.11. The van der Waals surface area contributed by atoms with Crippen molar-refractivity contribution in [1.82, 2.24) is 0 Å². The number of benzene rings is 2. The number of carbonyl (C=O) groups excluding carboxylic acids is 1. The molecule has 0 saturated carbocycles. The summed E-state index contributed by atoms with van der Waals surface area (Å²) in [6, 6.07) is 14.6. The molecule has 25 heavy (non-hydrogen) atoms. The fraction of sp³-hybridized carbons (Fsp3) is 0.300. The van der Waals surface area contributed by atoms with Gasteiger partial charge in [0, 0.05) is 0 Å². The van der Waals surface area contributed by atoms with Gasteiger partial charge in [-0.05, 0) is 35.2 Å². The zero-order chi connectivity index (χ0) is 18.4. The molecule has 5 heteroatoms. The first-order valence-corrected chi connectivity index (χ1v) is 7.95. The Labute approximate surface area is 148 Å². The van der Waals surface area contributed by atoms with Gasteiger partial charge in [-0.1, -0.05) is 39.0 Å². The second kappa shape index (κ2) is 7.71. The Morgan fingerprint density at radius 3 is 2.52 bits per heavy atom. The lowest BCUT2D eigenvalue weighted by molar-refractivity contribution is -0.118. The Morgan fingerprint density at radius 2 is 1.88 bits per heavy atom. The largest absolute Gasteiger partial charge is 0.495 e. The molecule has 0 spiro atoms. The summed E-state index contributed by atoms with van der Waals surface area (Å²) in [7, 11) is 1.56. The molecular formula is C20H22N2O3. The second-order valence-electron chi connectivity index (χ2n) is 6.61. The second-order valence-corrected chi connectivity index (χ2v) is 6.61. The number of nitrogens with zero attached hydrogens (tertiary/aromatic N) is 1. The van der Waals surface area contributed by atoms with Crippen LogP contribution in [0.3, 0.4) is 0 Å². The summed E-state index contributed by atoms with van der Waals surface area (Å²) in [5.41, 5.74) is 2.02. The van der Waals surface area contributed by atoms with Gasteiger partial charge < -0.3 is 14.8 Å². The third kappa shape index (κ3) is 4.74. The van der Waals surface area contributed by atoms with Crippen LogP contribution >= 0.6 is 0 Å². The summed E-state index contributed by atoms with van der Waals surface area (Å²) >= 11 is 0. The van der Waals surface area contributed by atoms with Crippen LogP contribution in [0, 0.1) is 11.3 Å². The molecule has 130 valence electrons. The van der Waals surface area contributed by atoms with Crippen molar-refractivity contribution in [2.24, 2.45) is 0 Å². The standard InChI is InChI=1S/C20H22N2O3/c1-20(2,3)15-9-10-18(24-4)16(11-15)22-19(23)13-25-17-8-6-5-7-14(17)12-21/h5-11H,13H2,1-4H3,(H,22,23). The number of methoxy groups -OCH3 is 1. The molecule has 0 aliphatic carbocycles. The fourth-order valence-corrected chi connectivity index (χ4v) is 2.29. The van der Waals surface area contributed by atoms with Crippen LogP contribution < -0.4 is 14.8 Å². The van der Waals surface area contributed by atoms with Crippen LogP contribution in [0.25, 0.3) is 0 Å². The molecule has 0 radical (unpaired) electrons. The Hall–Kier alpha value is -3.00. The van der Waals surface area contributed by atoms with Crippen molar-refractivity contribution in [3.8, 4) is 17.6 Å². The van der Waals surface area contributed by atoms with Crippen LogP contribution in [0.1, 0.15) is 31.9 Å². The highest BCUT2D eigenvalue weighted by Crippen LogP contribution is 2.31. The molecule has 1 amide bonds. The summed E-state index contributed by atoms with van der Waals surface area (Å²) in [6.45, 7) is 6.11. The molecule has 2 aromatic carbocycles. The van der Waals surface area contributed by atoms with Gasteiger partial charge in [-0.2, -0.15) is 5.26 Å². The summed E-state index contributed by atoms with van der Waals surface area (Å²) in [6.07, 6.45) is 0. The zero-order valence-corrected chi connectivity index (χ0v) is 14.9. The third-order valence-electron chi connectivity index (χ3n) is 3.71. The lowest BCUT2D eigenvalue weighted by atomic mass is 9.87. The highest BCUT2D eigenvalue weighted by Gasteiger charge is 2.17. The Morgan fingerprint density at radius 1 is 1.16 bits per heavy atom. The number of anilines is 1. The topological polar surface area (TPSA) is 71.3 Å². The average molecular weight is 338 g/mol.